The van der Waals surface area contributed by atoms with Crippen molar-refractivity contribution in [3.05, 3.63) is 34.7 Å². The summed E-state index contributed by atoms with van der Waals surface area (Å²) in [6.07, 6.45) is -0.172. The van der Waals surface area contributed by atoms with Crippen LogP contribution < -0.4 is 11.0 Å². The van der Waals surface area contributed by atoms with E-state index in [0.717, 1.165) is 9.13 Å². The minimum absolute atomic E-state index is 0.0118. The predicted molar refractivity (Wildman–Crippen MR) is 73.1 cm³/mol. The number of benzene rings is 1. The van der Waals surface area contributed by atoms with Crippen molar-refractivity contribution in [1.29, 1.82) is 0 Å². The van der Waals surface area contributed by atoms with Crippen molar-refractivity contribution in [3.63, 3.8) is 0 Å². The van der Waals surface area contributed by atoms with E-state index >= 15 is 0 Å². The van der Waals surface area contributed by atoms with Gasteiger partial charge in [0.25, 0.3) is 0 Å². The van der Waals surface area contributed by atoms with Gasteiger partial charge in [0.1, 0.15) is 0 Å². The minimum atomic E-state index is -0.704. The summed E-state index contributed by atoms with van der Waals surface area (Å²) in [6, 6.07) is 6.56. The van der Waals surface area contributed by atoms with E-state index in [1.165, 1.54) is 0 Å². The van der Waals surface area contributed by atoms with E-state index in [4.69, 9.17) is 5.11 Å². The highest BCUT2D eigenvalue weighted by atomic mass is 16.3. The van der Waals surface area contributed by atoms with Crippen molar-refractivity contribution in [2.75, 3.05) is 20.2 Å². The van der Waals surface area contributed by atoms with Gasteiger partial charge in [0.15, 0.2) is 0 Å². The number of para-hydroxylation sites is 2. The van der Waals surface area contributed by atoms with Gasteiger partial charge in [0.2, 0.25) is 11.8 Å². The monoisotopic (exact) mass is 277 g/mol. The highest BCUT2D eigenvalue weighted by Crippen LogP contribution is 2.13. The molecular formula is C13H15N3O4. The minimum Gasteiger partial charge on any atom is -0.396 e. The summed E-state index contributed by atoms with van der Waals surface area (Å²) in [6.45, 7) is -0.364. The summed E-state index contributed by atoms with van der Waals surface area (Å²) in [5.41, 5.74) is 0.0364. The molecule has 1 aromatic carbocycles. The van der Waals surface area contributed by atoms with Crippen molar-refractivity contribution < 1.29 is 14.7 Å². The lowest BCUT2D eigenvalue weighted by Crippen LogP contribution is -2.36. The summed E-state index contributed by atoms with van der Waals surface area (Å²) in [5.74, 6) is -0.978. The van der Waals surface area contributed by atoms with Crippen molar-refractivity contribution in [3.8, 4) is 0 Å². The lowest BCUT2D eigenvalue weighted by Gasteiger charge is -2.00. The average molecular weight is 277 g/mol. The number of hydrogen-bond donors (Lipinski definition) is 2. The number of aromatic nitrogens is 2. The Morgan fingerprint density at radius 2 is 1.70 bits per heavy atom. The third-order valence-corrected chi connectivity index (χ3v) is 2.90. The Morgan fingerprint density at radius 3 is 2.20 bits per heavy atom. The Kier molecular flexibility index (Phi) is 4.11. The largest absolute Gasteiger partial charge is 0.396 e. The fourth-order valence-corrected chi connectivity index (χ4v) is 2.07. The van der Waals surface area contributed by atoms with E-state index in [9.17, 15) is 14.4 Å². The molecule has 0 bridgehead atoms. The van der Waals surface area contributed by atoms with Crippen LogP contribution in [-0.2, 0) is 0 Å². The lowest BCUT2D eigenvalue weighted by atomic mass is 10.3. The van der Waals surface area contributed by atoms with Crippen molar-refractivity contribution in [2.24, 2.45) is 0 Å². The van der Waals surface area contributed by atoms with E-state index < -0.39 is 17.5 Å². The second-order valence-corrected chi connectivity index (χ2v) is 4.23. The summed E-state index contributed by atoms with van der Waals surface area (Å²) < 4.78 is 1.90. The third-order valence-electron chi connectivity index (χ3n) is 2.90. The zero-order valence-electron chi connectivity index (χ0n) is 11.0. The highest BCUT2D eigenvalue weighted by Gasteiger charge is 2.21. The summed E-state index contributed by atoms with van der Waals surface area (Å²) in [4.78, 5) is 36.2. The number of rotatable bonds is 4. The molecule has 0 atom stereocenters. The van der Waals surface area contributed by atoms with Crippen LogP contribution in [0.2, 0.25) is 0 Å². The second-order valence-electron chi connectivity index (χ2n) is 4.23. The summed E-state index contributed by atoms with van der Waals surface area (Å²) in [7, 11) is 1.60. The number of nitrogens with zero attached hydrogens (tertiary/aromatic N) is 2. The van der Waals surface area contributed by atoms with Gasteiger partial charge in [0, 0.05) is 0 Å². The van der Waals surface area contributed by atoms with E-state index in [2.05, 4.69) is 5.32 Å². The molecule has 0 aliphatic carbocycles. The van der Waals surface area contributed by atoms with E-state index in [-0.39, 0.29) is 19.6 Å². The van der Waals surface area contributed by atoms with Gasteiger partial charge < -0.3 is 10.4 Å². The average Bonchev–Trinajstić information content (AvgIpc) is 2.71. The fraction of sp³-hybridized carbons (Fsp3) is 0.308. The molecule has 0 radical (unpaired) electrons. The van der Waals surface area contributed by atoms with E-state index in [0.29, 0.717) is 11.0 Å². The molecule has 0 fully saturated rings. The van der Waals surface area contributed by atoms with Crippen molar-refractivity contribution >= 4 is 22.8 Å². The van der Waals surface area contributed by atoms with Crippen LogP contribution in [0.5, 0.6) is 0 Å². The first-order valence-electron chi connectivity index (χ1n) is 6.16. The third kappa shape index (κ3) is 2.28. The molecule has 2 N–H and O–H groups in total. The predicted octanol–water partition coefficient (Wildman–Crippen LogP) is -0.315. The maximum atomic E-state index is 12.3. The van der Waals surface area contributed by atoms with Crippen LogP contribution in [0.1, 0.15) is 16.0 Å². The summed E-state index contributed by atoms with van der Waals surface area (Å²) in [5, 5.41) is 11.5. The number of aliphatic hydroxyl groups excluding tert-OH is 1. The Labute approximate surface area is 114 Å². The molecule has 20 heavy (non-hydrogen) atoms. The van der Waals surface area contributed by atoms with Gasteiger partial charge in [0.05, 0.1) is 30.6 Å². The van der Waals surface area contributed by atoms with Gasteiger partial charge in [-0.15, -0.1) is 0 Å². The Morgan fingerprint density at radius 1 is 1.15 bits per heavy atom. The Hall–Kier alpha value is -2.25. The number of aliphatic hydroxyl groups is 1. The maximum absolute atomic E-state index is 12.3. The number of likely N-dealkylation sites (N-methyl/N-ethyl adjacent to an activating group) is 1. The smallest absolute Gasteiger partial charge is 0.342 e. The fourth-order valence-electron chi connectivity index (χ4n) is 2.07. The van der Waals surface area contributed by atoms with E-state index in [1.54, 1.807) is 31.3 Å². The van der Waals surface area contributed by atoms with Crippen molar-refractivity contribution in [1.82, 2.24) is 14.5 Å². The molecule has 0 unspecified atom stereocenters. The van der Waals surface area contributed by atoms with Gasteiger partial charge in [-0.1, -0.05) is 12.1 Å². The SMILES string of the molecule is CNCC(=O)n1c(=O)n(C(=O)CCO)c2ccccc21. The Bertz CT molecular complexity index is 656. The number of carbonyl (C=O) groups excluding carboxylic acids is 2. The first kappa shape index (κ1) is 14.2. The standard InChI is InChI=1S/C13H15N3O4/c1-14-8-12(19)16-10-5-3-2-4-9(10)15(13(16)20)11(18)6-7-17/h2-5,14,17H,6-8H2,1H3. The van der Waals surface area contributed by atoms with Gasteiger partial charge in [-0.25, -0.2) is 13.9 Å². The first-order chi connectivity index (χ1) is 9.61. The van der Waals surface area contributed by atoms with Crippen LogP contribution in [0.4, 0.5) is 0 Å². The van der Waals surface area contributed by atoms with Crippen LogP contribution in [0.15, 0.2) is 29.1 Å². The van der Waals surface area contributed by atoms with Crippen LogP contribution in [0.25, 0.3) is 11.0 Å². The van der Waals surface area contributed by atoms with Gasteiger partial charge in [-0.3, -0.25) is 9.59 Å². The number of nitrogens with one attached hydrogen (secondary N) is 1. The molecule has 2 rings (SSSR count). The van der Waals surface area contributed by atoms with Gasteiger partial charge in [-0.2, -0.15) is 0 Å². The molecule has 0 amide bonds. The van der Waals surface area contributed by atoms with Crippen LogP contribution >= 0.6 is 0 Å². The number of hydrogen-bond acceptors (Lipinski definition) is 5. The molecule has 7 nitrogen and oxygen atoms in total. The van der Waals surface area contributed by atoms with E-state index in [1.807, 2.05) is 0 Å². The normalized spacial score (nSPS) is 10.9. The second kappa shape index (κ2) is 5.81. The maximum Gasteiger partial charge on any atom is 0.342 e. The summed E-state index contributed by atoms with van der Waals surface area (Å²) >= 11 is 0. The molecule has 0 aliphatic rings. The topological polar surface area (TPSA) is 93.3 Å². The highest BCUT2D eigenvalue weighted by molar-refractivity contribution is 5.96. The molecular weight excluding hydrogens is 262 g/mol. The zero-order valence-corrected chi connectivity index (χ0v) is 11.0. The quantitative estimate of drug-likeness (QED) is 0.799. The van der Waals surface area contributed by atoms with Gasteiger partial charge >= 0.3 is 5.69 Å². The van der Waals surface area contributed by atoms with Crippen molar-refractivity contribution in [2.45, 2.75) is 6.42 Å². The molecule has 7 heteroatoms. The van der Waals surface area contributed by atoms with Crippen LogP contribution in [0.3, 0.4) is 0 Å². The molecule has 1 heterocycles. The molecule has 1 aromatic heterocycles. The van der Waals surface area contributed by atoms with Crippen LogP contribution in [0, 0.1) is 0 Å². The van der Waals surface area contributed by atoms with Gasteiger partial charge in [-0.05, 0) is 19.2 Å². The lowest BCUT2D eigenvalue weighted by molar-refractivity contribution is 0.0872. The molecule has 0 spiro atoms. The Balaban J connectivity index is 2.71. The van der Waals surface area contributed by atoms with Crippen LogP contribution in [-0.4, -0.2) is 46.3 Å². The number of carbonyl (C=O) groups is 2. The molecule has 0 aliphatic heterocycles. The molecule has 0 saturated heterocycles. The number of fused-ring (bicyclic) bond motifs is 1. The molecule has 106 valence electrons. The zero-order chi connectivity index (χ0) is 14.7. The first-order valence-corrected chi connectivity index (χ1v) is 6.16. The molecule has 2 aromatic rings. The number of imidazole rings is 1. The molecule has 0 saturated carbocycles.